The average Bonchev–Trinajstić information content (AvgIpc) is 2.73. The van der Waals surface area contributed by atoms with Crippen LogP contribution in [0.2, 0.25) is 0 Å². The maximum absolute atomic E-state index is 12.7. The van der Waals surface area contributed by atoms with Gasteiger partial charge in [0.1, 0.15) is 17.9 Å². The fourth-order valence-electron chi connectivity index (χ4n) is 2.43. The number of hydrogen-bond acceptors (Lipinski definition) is 7. The number of carbonyl (C=O) groups is 2. The molecule has 0 spiro atoms. The number of ether oxygens (including phenoxy) is 2. The first-order valence-electron chi connectivity index (χ1n) is 8.60. The molecule has 0 fully saturated rings. The molecular formula is C20H19N3O5S. The highest BCUT2D eigenvalue weighted by Crippen LogP contribution is 2.23. The van der Waals surface area contributed by atoms with Crippen LogP contribution < -0.4 is 10.3 Å². The van der Waals surface area contributed by atoms with Crippen LogP contribution in [0, 0.1) is 0 Å². The second-order valence-corrected chi connectivity index (χ2v) is 7.22. The normalized spacial score (nSPS) is 10.6. The summed E-state index contributed by atoms with van der Waals surface area (Å²) < 4.78 is 11.6. The van der Waals surface area contributed by atoms with Gasteiger partial charge in [0.25, 0.3) is 10.8 Å². The summed E-state index contributed by atoms with van der Waals surface area (Å²) in [7, 11) is 4.84. The van der Waals surface area contributed by atoms with E-state index in [-0.39, 0.29) is 17.4 Å². The smallest absolute Gasteiger partial charge is 0.345 e. The van der Waals surface area contributed by atoms with E-state index in [1.807, 2.05) is 0 Å². The van der Waals surface area contributed by atoms with Crippen LogP contribution in [0.25, 0.3) is 5.65 Å². The van der Waals surface area contributed by atoms with E-state index < -0.39 is 11.5 Å². The number of pyridine rings is 1. The summed E-state index contributed by atoms with van der Waals surface area (Å²) in [5, 5.41) is -0.199. The topological polar surface area (TPSA) is 90.2 Å². The van der Waals surface area contributed by atoms with Crippen molar-refractivity contribution in [2.45, 2.75) is 11.5 Å². The molecule has 1 aromatic carbocycles. The fraction of sp³-hybridized carbons (Fsp3) is 0.200. The number of methoxy groups -OCH3 is 1. The molecule has 0 aliphatic carbocycles. The molecule has 0 saturated carbocycles. The molecule has 2 aromatic heterocycles. The second kappa shape index (κ2) is 8.78. The average molecular weight is 413 g/mol. The molecule has 0 N–H and O–H groups in total. The van der Waals surface area contributed by atoms with E-state index in [9.17, 15) is 14.4 Å². The largest absolute Gasteiger partial charge is 0.497 e. The minimum Gasteiger partial charge on any atom is -0.497 e. The van der Waals surface area contributed by atoms with E-state index >= 15 is 0 Å². The highest BCUT2D eigenvalue weighted by molar-refractivity contribution is 8.13. The first-order valence-corrected chi connectivity index (χ1v) is 9.42. The number of benzene rings is 1. The summed E-state index contributed by atoms with van der Waals surface area (Å²) in [5.74, 6) is -0.0754. The van der Waals surface area contributed by atoms with Gasteiger partial charge < -0.3 is 14.4 Å². The minimum absolute atomic E-state index is 0.0121. The van der Waals surface area contributed by atoms with E-state index in [4.69, 9.17) is 9.47 Å². The summed E-state index contributed by atoms with van der Waals surface area (Å²) >= 11 is 0.953. The van der Waals surface area contributed by atoms with Gasteiger partial charge in [-0.1, -0.05) is 12.1 Å². The van der Waals surface area contributed by atoms with Crippen LogP contribution in [0.3, 0.4) is 0 Å². The highest BCUT2D eigenvalue weighted by Gasteiger charge is 2.17. The van der Waals surface area contributed by atoms with Crippen molar-refractivity contribution in [3.05, 3.63) is 70.3 Å². The third kappa shape index (κ3) is 4.57. The molecule has 2 heterocycles. The van der Waals surface area contributed by atoms with E-state index in [0.29, 0.717) is 16.3 Å². The summed E-state index contributed by atoms with van der Waals surface area (Å²) in [5.41, 5.74) is 0.310. The molecule has 29 heavy (non-hydrogen) atoms. The Labute approximate surface area is 171 Å². The molecule has 3 rings (SSSR count). The van der Waals surface area contributed by atoms with Gasteiger partial charge >= 0.3 is 5.97 Å². The lowest BCUT2D eigenvalue weighted by molar-refractivity contribution is 0.0470. The Balaban J connectivity index is 1.82. The first-order chi connectivity index (χ1) is 13.9. The van der Waals surface area contributed by atoms with Crippen LogP contribution in [0.5, 0.6) is 5.75 Å². The molecule has 8 nitrogen and oxygen atoms in total. The van der Waals surface area contributed by atoms with Crippen molar-refractivity contribution >= 4 is 28.6 Å². The van der Waals surface area contributed by atoms with Crippen molar-refractivity contribution in [1.29, 1.82) is 0 Å². The number of esters is 1. The van der Waals surface area contributed by atoms with Gasteiger partial charge in [0.2, 0.25) is 0 Å². The Morgan fingerprint density at radius 1 is 1.17 bits per heavy atom. The van der Waals surface area contributed by atoms with Crippen molar-refractivity contribution in [2.24, 2.45) is 0 Å². The van der Waals surface area contributed by atoms with E-state index in [0.717, 1.165) is 17.3 Å². The number of thioether (sulfide) groups is 1. The lowest BCUT2D eigenvalue weighted by atomic mass is 10.2. The quantitative estimate of drug-likeness (QED) is 0.469. The summed E-state index contributed by atoms with van der Waals surface area (Å²) in [4.78, 5) is 43.2. The number of amides is 1. The minimum atomic E-state index is -0.768. The monoisotopic (exact) mass is 413 g/mol. The first kappa shape index (κ1) is 20.4. The van der Waals surface area contributed by atoms with Crippen LogP contribution in [0.4, 0.5) is 4.79 Å². The van der Waals surface area contributed by atoms with Crippen molar-refractivity contribution in [3.63, 3.8) is 0 Å². The molecule has 9 heteroatoms. The van der Waals surface area contributed by atoms with Crippen molar-refractivity contribution < 1.29 is 19.1 Å². The zero-order chi connectivity index (χ0) is 21.0. The van der Waals surface area contributed by atoms with Gasteiger partial charge in [-0.25, -0.2) is 9.78 Å². The van der Waals surface area contributed by atoms with Crippen LogP contribution >= 0.6 is 11.8 Å². The molecule has 0 unspecified atom stereocenters. The Morgan fingerprint density at radius 3 is 2.55 bits per heavy atom. The zero-order valence-corrected chi connectivity index (χ0v) is 16.9. The SMILES string of the molecule is COc1ccc(COC(=O)c2cnc3c(SC(=O)N(C)C)cccn3c2=O)cc1. The maximum Gasteiger partial charge on any atom is 0.345 e. The van der Waals surface area contributed by atoms with Crippen LogP contribution in [0.1, 0.15) is 15.9 Å². The number of nitrogens with zero attached hydrogens (tertiary/aromatic N) is 3. The second-order valence-electron chi connectivity index (χ2n) is 6.23. The molecule has 0 aliphatic rings. The number of hydrogen-bond donors (Lipinski definition) is 0. The predicted molar refractivity (Wildman–Crippen MR) is 109 cm³/mol. The van der Waals surface area contributed by atoms with Gasteiger partial charge in [-0.05, 0) is 41.6 Å². The van der Waals surface area contributed by atoms with Crippen LogP contribution in [-0.4, -0.2) is 46.7 Å². The van der Waals surface area contributed by atoms with E-state index in [1.165, 1.54) is 21.7 Å². The lowest BCUT2D eigenvalue weighted by Crippen LogP contribution is -2.24. The molecule has 0 bridgehead atoms. The van der Waals surface area contributed by atoms with Crippen molar-refractivity contribution in [3.8, 4) is 5.75 Å². The summed E-state index contributed by atoms with van der Waals surface area (Å²) in [6.07, 6.45) is 2.67. The molecule has 0 aliphatic heterocycles. The van der Waals surface area contributed by atoms with Crippen molar-refractivity contribution in [2.75, 3.05) is 21.2 Å². The van der Waals surface area contributed by atoms with E-state index in [2.05, 4.69) is 4.98 Å². The lowest BCUT2D eigenvalue weighted by Gasteiger charge is -2.11. The van der Waals surface area contributed by atoms with Gasteiger partial charge in [-0.2, -0.15) is 0 Å². The summed E-state index contributed by atoms with van der Waals surface area (Å²) in [6, 6.07) is 10.3. The Bertz CT molecular complexity index is 1110. The third-order valence-electron chi connectivity index (χ3n) is 4.01. The molecule has 1 amide bonds. The molecule has 0 saturated heterocycles. The highest BCUT2D eigenvalue weighted by atomic mass is 32.2. The molecule has 0 atom stereocenters. The maximum atomic E-state index is 12.7. The number of rotatable bonds is 5. The van der Waals surface area contributed by atoms with Gasteiger partial charge in [-0.3, -0.25) is 14.0 Å². The third-order valence-corrected chi connectivity index (χ3v) is 5.09. The molecule has 0 radical (unpaired) electrons. The van der Waals surface area contributed by atoms with Gasteiger partial charge in [0, 0.05) is 26.5 Å². The van der Waals surface area contributed by atoms with E-state index in [1.54, 1.807) is 57.6 Å². The zero-order valence-electron chi connectivity index (χ0n) is 16.1. The van der Waals surface area contributed by atoms with Gasteiger partial charge in [0.15, 0.2) is 5.65 Å². The Kier molecular flexibility index (Phi) is 6.18. The van der Waals surface area contributed by atoms with Gasteiger partial charge in [-0.15, -0.1) is 0 Å². The Hall–Kier alpha value is -3.33. The molecular weight excluding hydrogens is 394 g/mol. The van der Waals surface area contributed by atoms with Crippen LogP contribution in [-0.2, 0) is 11.3 Å². The van der Waals surface area contributed by atoms with Gasteiger partial charge in [0.05, 0.1) is 12.0 Å². The van der Waals surface area contributed by atoms with Crippen molar-refractivity contribution in [1.82, 2.24) is 14.3 Å². The fourth-order valence-corrected chi connectivity index (χ4v) is 3.19. The number of aromatic nitrogens is 2. The predicted octanol–water partition coefficient (Wildman–Crippen LogP) is 2.83. The van der Waals surface area contributed by atoms with Crippen LogP contribution in [0.15, 0.2) is 58.5 Å². The standard InChI is InChI=1S/C20H19N3O5S/c1-22(2)20(26)29-16-5-4-10-23-17(16)21-11-15(18(23)24)19(25)28-12-13-6-8-14(27-3)9-7-13/h4-11H,12H2,1-3H3. The summed E-state index contributed by atoms with van der Waals surface area (Å²) in [6.45, 7) is 0.0121. The number of fused-ring (bicyclic) bond motifs is 1. The number of carbonyl (C=O) groups excluding carboxylic acids is 2. The molecule has 3 aromatic rings. The molecule has 150 valence electrons. The Morgan fingerprint density at radius 2 is 1.90 bits per heavy atom.